The van der Waals surface area contributed by atoms with Gasteiger partial charge in [0.25, 0.3) is 5.91 Å². The van der Waals surface area contributed by atoms with E-state index in [2.05, 4.69) is 11.6 Å². The zero-order valence-corrected chi connectivity index (χ0v) is 22.4. The summed E-state index contributed by atoms with van der Waals surface area (Å²) in [6.45, 7) is 7.70. The smallest absolute Gasteiger partial charge is 0.334 e. The van der Waals surface area contributed by atoms with Crippen LogP contribution < -0.4 is 20.3 Å². The van der Waals surface area contributed by atoms with Crippen molar-refractivity contribution in [3.05, 3.63) is 53.6 Å². The number of hydrogen-bond acceptors (Lipinski definition) is 7. The number of primary amides is 1. The minimum atomic E-state index is -0.617. The van der Waals surface area contributed by atoms with E-state index in [0.717, 1.165) is 12.0 Å². The molecule has 4 amide bonds. The maximum absolute atomic E-state index is 14.5. The number of nitrogens with zero attached hydrogens (tertiary/aromatic N) is 4. The van der Waals surface area contributed by atoms with Crippen molar-refractivity contribution in [3.8, 4) is 5.75 Å². The second-order valence-corrected chi connectivity index (χ2v) is 11.0. The zero-order valence-electron chi connectivity index (χ0n) is 21.6. The van der Waals surface area contributed by atoms with Crippen LogP contribution in [-0.2, 0) is 9.53 Å². The average Bonchev–Trinajstić information content (AvgIpc) is 3.58. The van der Waals surface area contributed by atoms with Crippen molar-refractivity contribution in [1.82, 2.24) is 9.88 Å². The second kappa shape index (κ2) is 9.97. The Morgan fingerprint density at radius 1 is 1.26 bits per heavy atom. The number of pyridine rings is 1. The molecule has 202 valence electrons. The van der Waals surface area contributed by atoms with Gasteiger partial charge >= 0.3 is 6.03 Å². The number of hydrogen-bond donors (Lipinski definition) is 1. The van der Waals surface area contributed by atoms with Crippen LogP contribution in [0.5, 0.6) is 5.75 Å². The third-order valence-corrected chi connectivity index (χ3v) is 8.60. The Bertz CT molecular complexity index is 1500. The van der Waals surface area contributed by atoms with Gasteiger partial charge in [0.05, 0.1) is 41.7 Å². The highest BCUT2D eigenvalue weighted by molar-refractivity contribution is 7.21. The Morgan fingerprint density at radius 3 is 2.82 bits per heavy atom. The summed E-state index contributed by atoms with van der Waals surface area (Å²) in [7, 11) is 0. The monoisotopic (exact) mass is 547 g/mol. The molecule has 2 N–H and O–H groups in total. The molecule has 2 fully saturated rings. The van der Waals surface area contributed by atoms with Crippen molar-refractivity contribution in [2.75, 3.05) is 36.1 Å². The van der Waals surface area contributed by atoms with Crippen LogP contribution in [0.2, 0.25) is 0 Å². The number of benzene rings is 1. The Labute approximate surface area is 229 Å². The third-order valence-electron chi connectivity index (χ3n) is 7.50. The molecule has 6 rings (SSSR count). The number of aryl methyl sites for hydroxylation is 1. The largest absolute Gasteiger partial charge is 0.488 e. The maximum atomic E-state index is 14.5. The fourth-order valence-corrected chi connectivity index (χ4v) is 6.71. The lowest BCUT2D eigenvalue weighted by Gasteiger charge is -2.43. The van der Waals surface area contributed by atoms with Crippen LogP contribution in [0, 0.1) is 6.92 Å². The predicted molar refractivity (Wildman–Crippen MR) is 149 cm³/mol. The number of carbonyl (C=O) groups excluding carboxylic acids is 3. The van der Waals surface area contributed by atoms with Gasteiger partial charge in [-0.1, -0.05) is 6.58 Å². The first-order valence-corrected chi connectivity index (χ1v) is 13.8. The highest BCUT2D eigenvalue weighted by atomic mass is 32.1. The van der Waals surface area contributed by atoms with Gasteiger partial charge in [-0.25, -0.2) is 9.78 Å². The van der Waals surface area contributed by atoms with E-state index in [1.165, 1.54) is 17.4 Å². The molecule has 0 radical (unpaired) electrons. The standard InChI is InChI=1S/C28H29N5O5S/c1-3-22(34)31-11-4-5-17(14-31)32-24-23-21(8-10-30-27(23)39-25(24)26(29)35)33(28(32)36)20-7-6-18(13-16(20)2)38-19-9-12-37-15-19/h3,6-8,10,13,17,19H,1,4-5,9,11-12,14-15H2,2H3,(H2,29,35)/t17-,19-/m1/s1. The number of nitrogens with two attached hydrogens (primary N) is 1. The number of urea groups is 1. The zero-order chi connectivity index (χ0) is 27.3. The number of piperidine rings is 1. The molecule has 10 nitrogen and oxygen atoms in total. The fraction of sp³-hybridized carbons (Fsp3) is 0.357. The van der Waals surface area contributed by atoms with Gasteiger partial charge in [0.2, 0.25) is 5.91 Å². The van der Waals surface area contributed by atoms with Crippen LogP contribution in [0.25, 0.3) is 10.2 Å². The molecular formula is C28H29N5O5S. The molecule has 3 aliphatic rings. The molecule has 0 unspecified atom stereocenters. The summed E-state index contributed by atoms with van der Waals surface area (Å²) in [6.07, 6.45) is 5.15. The lowest BCUT2D eigenvalue weighted by Crippen LogP contribution is -2.56. The van der Waals surface area contributed by atoms with E-state index in [9.17, 15) is 14.4 Å². The summed E-state index contributed by atoms with van der Waals surface area (Å²) < 4.78 is 11.5. The Balaban J connectivity index is 1.47. The van der Waals surface area contributed by atoms with Gasteiger partial charge in [-0.3, -0.25) is 19.4 Å². The maximum Gasteiger partial charge on any atom is 0.334 e. The number of amides is 4. The molecule has 3 aliphatic heterocycles. The highest BCUT2D eigenvalue weighted by Gasteiger charge is 2.43. The molecule has 2 atom stereocenters. The van der Waals surface area contributed by atoms with Gasteiger partial charge < -0.3 is 20.1 Å². The van der Waals surface area contributed by atoms with Gasteiger partial charge in [0.15, 0.2) is 0 Å². The third kappa shape index (κ3) is 4.31. The molecular weight excluding hydrogens is 518 g/mol. The summed E-state index contributed by atoms with van der Waals surface area (Å²) in [5.74, 6) is -0.0904. The molecule has 1 aromatic carbocycles. The van der Waals surface area contributed by atoms with Crippen LogP contribution in [0.4, 0.5) is 21.9 Å². The normalized spacial score (nSPS) is 20.9. The van der Waals surface area contributed by atoms with Crippen molar-refractivity contribution < 1.29 is 23.9 Å². The lowest BCUT2D eigenvalue weighted by molar-refractivity contribution is -0.127. The second-order valence-electron chi connectivity index (χ2n) is 9.98. The van der Waals surface area contributed by atoms with Crippen molar-refractivity contribution in [2.24, 2.45) is 5.73 Å². The van der Waals surface area contributed by atoms with E-state index in [1.807, 2.05) is 25.1 Å². The molecule has 2 saturated heterocycles. The summed E-state index contributed by atoms with van der Waals surface area (Å²) in [5.41, 5.74) is 8.46. The van der Waals surface area contributed by atoms with E-state index >= 15 is 0 Å². The van der Waals surface area contributed by atoms with Crippen LogP contribution in [0.1, 0.15) is 34.5 Å². The molecule has 3 aromatic rings. The fourth-order valence-electron chi connectivity index (χ4n) is 5.70. The summed E-state index contributed by atoms with van der Waals surface area (Å²) in [4.78, 5) is 49.9. The quantitative estimate of drug-likeness (QED) is 0.464. The Kier molecular flexibility index (Phi) is 6.48. The molecule has 2 aromatic heterocycles. The lowest BCUT2D eigenvalue weighted by atomic mass is 10.00. The van der Waals surface area contributed by atoms with Crippen molar-refractivity contribution in [3.63, 3.8) is 0 Å². The van der Waals surface area contributed by atoms with E-state index in [0.29, 0.717) is 72.2 Å². The highest BCUT2D eigenvalue weighted by Crippen LogP contribution is 2.50. The first-order valence-electron chi connectivity index (χ1n) is 13.0. The molecule has 0 aliphatic carbocycles. The minimum Gasteiger partial charge on any atom is -0.488 e. The van der Waals surface area contributed by atoms with Crippen molar-refractivity contribution >= 4 is 56.5 Å². The van der Waals surface area contributed by atoms with E-state index in [4.69, 9.17) is 15.2 Å². The van der Waals surface area contributed by atoms with Crippen molar-refractivity contribution in [1.29, 1.82) is 0 Å². The first kappa shape index (κ1) is 25.3. The van der Waals surface area contributed by atoms with Gasteiger partial charge in [0, 0.05) is 25.7 Å². The summed E-state index contributed by atoms with van der Waals surface area (Å²) in [6, 6.07) is 6.78. The van der Waals surface area contributed by atoms with Crippen LogP contribution >= 0.6 is 11.3 Å². The minimum absolute atomic E-state index is 0.00953. The number of likely N-dealkylation sites (tertiary alicyclic amines) is 1. The van der Waals surface area contributed by atoms with Gasteiger partial charge in [-0.05, 0) is 55.7 Å². The SMILES string of the molecule is C=CC(=O)N1CCC[C@@H](N2C(=O)N(c3ccc(O[C@@H]4CCOC4)cc3C)c3ccnc4sc(C(N)=O)c2c34)C1. The van der Waals surface area contributed by atoms with E-state index < -0.39 is 5.91 Å². The van der Waals surface area contributed by atoms with Gasteiger partial charge in [0.1, 0.15) is 21.6 Å². The van der Waals surface area contributed by atoms with Crippen molar-refractivity contribution in [2.45, 2.75) is 38.3 Å². The average molecular weight is 548 g/mol. The number of anilines is 3. The molecule has 5 heterocycles. The molecule has 11 heteroatoms. The molecule has 0 bridgehead atoms. The number of thiophene rings is 1. The Morgan fingerprint density at radius 2 is 2.10 bits per heavy atom. The number of ether oxygens (including phenoxy) is 2. The van der Waals surface area contributed by atoms with Gasteiger partial charge in [-0.15, -0.1) is 11.3 Å². The van der Waals surface area contributed by atoms with Crippen LogP contribution in [0.15, 0.2) is 43.1 Å². The number of rotatable bonds is 6. The predicted octanol–water partition coefficient (Wildman–Crippen LogP) is 4.13. The number of carbonyl (C=O) groups is 3. The molecule has 0 spiro atoms. The topological polar surface area (TPSA) is 118 Å². The Hall–Kier alpha value is -3.96. The number of aromatic nitrogens is 1. The molecule has 0 saturated carbocycles. The van der Waals surface area contributed by atoms with E-state index in [-0.39, 0.29) is 29.0 Å². The summed E-state index contributed by atoms with van der Waals surface area (Å²) in [5, 5.41) is 0.700. The molecule has 39 heavy (non-hydrogen) atoms. The summed E-state index contributed by atoms with van der Waals surface area (Å²) >= 11 is 1.18. The van der Waals surface area contributed by atoms with Crippen LogP contribution in [0.3, 0.4) is 0 Å². The van der Waals surface area contributed by atoms with Crippen LogP contribution in [-0.4, -0.2) is 66.2 Å². The first-order chi connectivity index (χ1) is 18.9. The van der Waals surface area contributed by atoms with Gasteiger partial charge in [-0.2, -0.15) is 0 Å². The van der Waals surface area contributed by atoms with E-state index in [1.54, 1.807) is 27.0 Å².